The van der Waals surface area contributed by atoms with Gasteiger partial charge in [0.2, 0.25) is 0 Å². The summed E-state index contributed by atoms with van der Waals surface area (Å²) in [5.74, 6) is -0.979. The number of likely N-dealkylation sites (tertiary alicyclic amines) is 1. The Morgan fingerprint density at radius 2 is 2.10 bits per heavy atom. The molecule has 1 heterocycles. The average molecular weight is 277 g/mol. The second-order valence-electron chi connectivity index (χ2n) is 5.37. The van der Waals surface area contributed by atoms with Crippen LogP contribution >= 0.6 is 0 Å². The van der Waals surface area contributed by atoms with E-state index in [-0.39, 0.29) is 18.2 Å². The lowest BCUT2D eigenvalue weighted by atomic mass is 9.84. The fourth-order valence-corrected chi connectivity index (χ4v) is 2.69. The van der Waals surface area contributed by atoms with Gasteiger partial charge in [-0.1, -0.05) is 13.0 Å². The summed E-state index contributed by atoms with van der Waals surface area (Å²) in [5.41, 5.74) is 0.129. The zero-order valence-electron chi connectivity index (χ0n) is 11.7. The summed E-state index contributed by atoms with van der Waals surface area (Å²) in [6.45, 7) is 4.19. The van der Waals surface area contributed by atoms with E-state index in [1.807, 2.05) is 6.92 Å². The lowest BCUT2D eigenvalue weighted by molar-refractivity contribution is -0.148. The SMILES string of the molecule is CCC1(C(=O)O)CCN(C(=O)c2cccc(O)c2C)C1. The van der Waals surface area contributed by atoms with Gasteiger partial charge in [0.1, 0.15) is 5.75 Å². The summed E-state index contributed by atoms with van der Waals surface area (Å²) in [7, 11) is 0. The highest BCUT2D eigenvalue weighted by Gasteiger charge is 2.45. The molecule has 108 valence electrons. The van der Waals surface area contributed by atoms with E-state index < -0.39 is 11.4 Å². The van der Waals surface area contributed by atoms with Gasteiger partial charge < -0.3 is 15.1 Å². The van der Waals surface area contributed by atoms with Crippen molar-refractivity contribution in [1.82, 2.24) is 4.90 Å². The lowest BCUT2D eigenvalue weighted by Gasteiger charge is -2.23. The molecular weight excluding hydrogens is 258 g/mol. The molecule has 1 aromatic rings. The smallest absolute Gasteiger partial charge is 0.311 e. The van der Waals surface area contributed by atoms with E-state index in [9.17, 15) is 19.8 Å². The van der Waals surface area contributed by atoms with Crippen LogP contribution in [0.25, 0.3) is 0 Å². The molecule has 1 aromatic carbocycles. The molecule has 20 heavy (non-hydrogen) atoms. The van der Waals surface area contributed by atoms with Gasteiger partial charge in [-0.05, 0) is 31.9 Å². The quantitative estimate of drug-likeness (QED) is 0.886. The zero-order chi connectivity index (χ0) is 14.9. The number of nitrogens with zero attached hydrogens (tertiary/aromatic N) is 1. The maximum Gasteiger partial charge on any atom is 0.311 e. The average Bonchev–Trinajstić information content (AvgIpc) is 2.87. The summed E-state index contributed by atoms with van der Waals surface area (Å²) in [5, 5.41) is 19.0. The van der Waals surface area contributed by atoms with Crippen LogP contribution in [0.2, 0.25) is 0 Å². The number of benzene rings is 1. The minimum Gasteiger partial charge on any atom is -0.508 e. The summed E-state index contributed by atoms with van der Waals surface area (Å²) < 4.78 is 0. The highest BCUT2D eigenvalue weighted by Crippen LogP contribution is 2.35. The third-order valence-electron chi connectivity index (χ3n) is 4.31. The number of carboxylic acids is 1. The van der Waals surface area contributed by atoms with E-state index in [1.165, 1.54) is 6.07 Å². The van der Waals surface area contributed by atoms with E-state index in [2.05, 4.69) is 0 Å². The van der Waals surface area contributed by atoms with Crippen molar-refractivity contribution in [3.8, 4) is 5.75 Å². The van der Waals surface area contributed by atoms with Crippen molar-refractivity contribution in [3.63, 3.8) is 0 Å². The number of aliphatic carboxylic acids is 1. The molecule has 1 unspecified atom stereocenters. The summed E-state index contributed by atoms with van der Waals surface area (Å²) in [6.07, 6.45) is 0.980. The van der Waals surface area contributed by atoms with Crippen LogP contribution in [0.15, 0.2) is 18.2 Å². The van der Waals surface area contributed by atoms with Crippen LogP contribution in [0, 0.1) is 12.3 Å². The van der Waals surface area contributed by atoms with Crippen molar-refractivity contribution >= 4 is 11.9 Å². The first-order chi connectivity index (χ1) is 9.41. The second kappa shape index (κ2) is 5.15. The number of hydrogen-bond acceptors (Lipinski definition) is 3. The molecule has 1 saturated heterocycles. The van der Waals surface area contributed by atoms with E-state index in [1.54, 1.807) is 24.0 Å². The van der Waals surface area contributed by atoms with Gasteiger partial charge in [0.25, 0.3) is 5.91 Å². The molecular formula is C15H19NO4. The number of phenols is 1. The minimum atomic E-state index is -0.845. The maximum absolute atomic E-state index is 12.5. The molecule has 1 atom stereocenters. The molecule has 0 aliphatic carbocycles. The highest BCUT2D eigenvalue weighted by molar-refractivity contribution is 5.97. The Hall–Kier alpha value is -2.04. The molecule has 0 spiro atoms. The first-order valence-corrected chi connectivity index (χ1v) is 6.72. The number of phenolic OH excluding ortho intramolecular Hbond substituents is 1. The standard InChI is InChI=1S/C15H19NO4/c1-3-15(14(19)20)7-8-16(9-15)13(18)11-5-4-6-12(17)10(11)2/h4-6,17H,3,7-9H2,1-2H3,(H,19,20). The van der Waals surface area contributed by atoms with Crippen LogP contribution < -0.4 is 0 Å². The van der Waals surface area contributed by atoms with E-state index in [0.29, 0.717) is 30.5 Å². The Kier molecular flexibility index (Phi) is 3.70. The number of amides is 1. The van der Waals surface area contributed by atoms with Crippen LogP contribution in [-0.2, 0) is 4.79 Å². The van der Waals surface area contributed by atoms with Crippen LogP contribution in [0.4, 0.5) is 0 Å². The molecule has 0 radical (unpaired) electrons. The molecule has 1 amide bonds. The first kappa shape index (κ1) is 14.4. The van der Waals surface area contributed by atoms with Crippen molar-refractivity contribution in [2.24, 2.45) is 5.41 Å². The number of aromatic hydroxyl groups is 1. The topological polar surface area (TPSA) is 77.8 Å². The molecule has 2 rings (SSSR count). The van der Waals surface area contributed by atoms with Gasteiger partial charge >= 0.3 is 5.97 Å². The number of hydrogen-bond donors (Lipinski definition) is 2. The fraction of sp³-hybridized carbons (Fsp3) is 0.467. The molecule has 5 heteroatoms. The predicted molar refractivity (Wildman–Crippen MR) is 73.7 cm³/mol. The maximum atomic E-state index is 12.5. The van der Waals surface area contributed by atoms with Gasteiger partial charge in [0.15, 0.2) is 0 Å². The Bertz CT molecular complexity index is 555. The Labute approximate surface area is 117 Å². The Morgan fingerprint density at radius 1 is 1.40 bits per heavy atom. The number of rotatable bonds is 3. The summed E-state index contributed by atoms with van der Waals surface area (Å²) in [4.78, 5) is 25.4. The van der Waals surface area contributed by atoms with Crippen LogP contribution in [0.3, 0.4) is 0 Å². The third kappa shape index (κ3) is 2.24. The van der Waals surface area contributed by atoms with Gasteiger partial charge in [-0.3, -0.25) is 9.59 Å². The summed E-state index contributed by atoms with van der Waals surface area (Å²) >= 11 is 0. The molecule has 0 bridgehead atoms. The lowest BCUT2D eigenvalue weighted by Crippen LogP contribution is -2.36. The van der Waals surface area contributed by atoms with Gasteiger partial charge in [-0.2, -0.15) is 0 Å². The van der Waals surface area contributed by atoms with Crippen molar-refractivity contribution < 1.29 is 19.8 Å². The largest absolute Gasteiger partial charge is 0.508 e. The van der Waals surface area contributed by atoms with Gasteiger partial charge in [-0.15, -0.1) is 0 Å². The molecule has 1 fully saturated rings. The van der Waals surface area contributed by atoms with Gasteiger partial charge in [0.05, 0.1) is 5.41 Å². The Morgan fingerprint density at radius 3 is 2.65 bits per heavy atom. The van der Waals surface area contributed by atoms with Crippen LogP contribution in [0.1, 0.15) is 35.7 Å². The molecule has 0 aromatic heterocycles. The number of carboxylic acid groups (broad SMARTS) is 1. The van der Waals surface area contributed by atoms with E-state index in [0.717, 1.165) is 0 Å². The van der Waals surface area contributed by atoms with Crippen molar-refractivity contribution in [3.05, 3.63) is 29.3 Å². The Balaban J connectivity index is 2.24. The molecule has 0 saturated carbocycles. The van der Waals surface area contributed by atoms with E-state index in [4.69, 9.17) is 0 Å². The fourth-order valence-electron chi connectivity index (χ4n) is 2.69. The minimum absolute atomic E-state index is 0.0787. The van der Waals surface area contributed by atoms with Crippen LogP contribution in [0.5, 0.6) is 5.75 Å². The summed E-state index contributed by atoms with van der Waals surface area (Å²) in [6, 6.07) is 4.81. The van der Waals surface area contributed by atoms with Crippen LogP contribution in [-0.4, -0.2) is 40.1 Å². The third-order valence-corrected chi connectivity index (χ3v) is 4.31. The number of carbonyl (C=O) groups excluding carboxylic acids is 1. The van der Waals surface area contributed by atoms with Gasteiger partial charge in [-0.25, -0.2) is 0 Å². The molecule has 2 N–H and O–H groups in total. The predicted octanol–water partition coefficient (Wildman–Crippen LogP) is 2.03. The number of carbonyl (C=O) groups is 2. The molecule has 1 aliphatic rings. The monoisotopic (exact) mass is 277 g/mol. The van der Waals surface area contributed by atoms with Gasteiger partial charge in [0, 0.05) is 24.2 Å². The molecule has 1 aliphatic heterocycles. The molecule has 5 nitrogen and oxygen atoms in total. The van der Waals surface area contributed by atoms with Crippen molar-refractivity contribution in [2.75, 3.05) is 13.1 Å². The van der Waals surface area contributed by atoms with E-state index >= 15 is 0 Å². The first-order valence-electron chi connectivity index (χ1n) is 6.72. The van der Waals surface area contributed by atoms with Crippen molar-refractivity contribution in [2.45, 2.75) is 26.7 Å². The highest BCUT2D eigenvalue weighted by atomic mass is 16.4. The van der Waals surface area contributed by atoms with Crippen molar-refractivity contribution in [1.29, 1.82) is 0 Å². The zero-order valence-corrected chi connectivity index (χ0v) is 11.7. The second-order valence-corrected chi connectivity index (χ2v) is 5.37. The normalized spacial score (nSPS) is 22.0.